The Kier molecular flexibility index (Phi) is 9.84. The number of primary amides is 1. The Bertz CT molecular complexity index is 1600. The Hall–Kier alpha value is -5.28. The van der Waals surface area contributed by atoms with Gasteiger partial charge in [0.15, 0.2) is 0 Å². The fraction of sp³-hybridized carbons (Fsp3) is 0.448. The molecule has 2 aromatic rings. The number of hydrogen-bond acceptors (Lipinski definition) is 9. The number of nitrogens with two attached hydrogens (primary N) is 1. The number of urea groups is 1. The molecule has 0 unspecified atom stereocenters. The van der Waals surface area contributed by atoms with Crippen molar-refractivity contribution in [2.75, 3.05) is 6.54 Å². The number of amides is 6. The normalized spacial score (nSPS) is 19.4. The summed E-state index contributed by atoms with van der Waals surface area (Å²) in [6.45, 7) is 5.20. The van der Waals surface area contributed by atoms with Gasteiger partial charge in [0, 0.05) is 30.6 Å². The minimum Gasteiger partial charge on any atom is -0.460 e. The zero-order chi connectivity index (χ0) is 32.9. The third-order valence-electron chi connectivity index (χ3n) is 7.02. The molecule has 240 valence electrons. The van der Waals surface area contributed by atoms with E-state index in [2.05, 4.69) is 20.7 Å². The lowest BCUT2D eigenvalue weighted by molar-refractivity contribution is -0.176. The van der Waals surface area contributed by atoms with Gasteiger partial charge in [0.1, 0.15) is 23.4 Å². The van der Waals surface area contributed by atoms with Crippen LogP contribution in [0.3, 0.4) is 0 Å². The lowest BCUT2D eigenvalue weighted by Crippen LogP contribution is -2.64. The summed E-state index contributed by atoms with van der Waals surface area (Å²) < 4.78 is 5.33. The maximum absolute atomic E-state index is 13.9. The van der Waals surface area contributed by atoms with E-state index in [-0.39, 0.29) is 37.9 Å². The van der Waals surface area contributed by atoms with Gasteiger partial charge in [-0.2, -0.15) is 5.10 Å². The molecule has 0 saturated carbocycles. The Labute approximate surface area is 257 Å². The van der Waals surface area contributed by atoms with Gasteiger partial charge in [0.2, 0.25) is 17.4 Å². The average molecular weight is 625 g/mol. The second-order valence-corrected chi connectivity index (χ2v) is 11.7. The van der Waals surface area contributed by atoms with E-state index >= 15 is 0 Å². The van der Waals surface area contributed by atoms with Crippen molar-refractivity contribution >= 4 is 52.6 Å². The molecule has 45 heavy (non-hydrogen) atoms. The van der Waals surface area contributed by atoms with Gasteiger partial charge in [0.25, 0.3) is 11.8 Å². The topological polar surface area (TPSA) is 225 Å². The van der Waals surface area contributed by atoms with Crippen LogP contribution in [0.4, 0.5) is 4.79 Å². The number of fused-ring (bicyclic) bond motifs is 2. The van der Waals surface area contributed by atoms with E-state index in [0.29, 0.717) is 17.2 Å². The highest BCUT2D eigenvalue weighted by Crippen LogP contribution is 2.26. The van der Waals surface area contributed by atoms with E-state index in [4.69, 9.17) is 10.5 Å². The van der Waals surface area contributed by atoms with Crippen molar-refractivity contribution in [3.8, 4) is 0 Å². The molecule has 2 saturated heterocycles. The fourth-order valence-electron chi connectivity index (χ4n) is 5.21. The molecule has 0 aliphatic carbocycles. The molecule has 2 aliphatic heterocycles. The number of pyridine rings is 1. The minimum absolute atomic E-state index is 0.0353. The number of aromatic amines is 1. The van der Waals surface area contributed by atoms with Crippen LogP contribution in [0.15, 0.2) is 40.2 Å². The van der Waals surface area contributed by atoms with Crippen LogP contribution in [0.1, 0.15) is 63.4 Å². The predicted molar refractivity (Wildman–Crippen MR) is 160 cm³/mol. The number of aromatic nitrogens is 1. The number of H-pyrrole nitrogens is 1. The number of carbonyl (C=O) groups excluding carboxylic acids is 6. The number of ether oxygens (including phenoxy) is 1. The lowest BCUT2D eigenvalue weighted by Gasteiger charge is -2.43. The molecular weight excluding hydrogens is 588 g/mol. The number of benzene rings is 1. The van der Waals surface area contributed by atoms with Crippen LogP contribution in [-0.2, 0) is 23.9 Å². The van der Waals surface area contributed by atoms with E-state index in [9.17, 15) is 33.6 Å². The third kappa shape index (κ3) is 8.21. The molecule has 2 aliphatic rings. The molecule has 0 radical (unpaired) electrons. The Morgan fingerprint density at radius 2 is 1.89 bits per heavy atom. The number of carbonyl (C=O) groups is 6. The van der Waals surface area contributed by atoms with Gasteiger partial charge in [-0.15, -0.1) is 0 Å². The van der Waals surface area contributed by atoms with E-state index < -0.39 is 64.9 Å². The lowest BCUT2D eigenvalue weighted by atomic mass is 10.0. The van der Waals surface area contributed by atoms with Crippen LogP contribution in [0, 0.1) is 0 Å². The molecule has 2 fully saturated rings. The summed E-state index contributed by atoms with van der Waals surface area (Å²) in [5.74, 6) is -3.20. The molecule has 0 bridgehead atoms. The summed E-state index contributed by atoms with van der Waals surface area (Å²) in [5.41, 5.74) is 5.68. The number of nitrogens with one attached hydrogen (secondary N) is 4. The van der Waals surface area contributed by atoms with Crippen LogP contribution < -0.4 is 27.4 Å². The van der Waals surface area contributed by atoms with Crippen molar-refractivity contribution in [1.29, 1.82) is 0 Å². The van der Waals surface area contributed by atoms with E-state index in [1.54, 1.807) is 45.0 Å². The maximum atomic E-state index is 13.9. The summed E-state index contributed by atoms with van der Waals surface area (Å²) in [6.07, 6.45) is 1.19. The molecular formula is C29H36N8O8. The van der Waals surface area contributed by atoms with Gasteiger partial charge >= 0.3 is 12.0 Å². The molecule has 3 heterocycles. The first kappa shape index (κ1) is 32.6. The highest BCUT2D eigenvalue weighted by molar-refractivity contribution is 6.07. The smallest absolute Gasteiger partial charge is 0.332 e. The van der Waals surface area contributed by atoms with Gasteiger partial charge in [-0.05, 0) is 45.4 Å². The monoisotopic (exact) mass is 624 g/mol. The first-order chi connectivity index (χ1) is 21.2. The van der Waals surface area contributed by atoms with Gasteiger partial charge in [0.05, 0.1) is 12.5 Å². The molecule has 6 N–H and O–H groups in total. The Morgan fingerprint density at radius 3 is 2.60 bits per heavy atom. The van der Waals surface area contributed by atoms with E-state index in [0.717, 1.165) is 11.2 Å². The largest absolute Gasteiger partial charge is 0.460 e. The van der Waals surface area contributed by atoms with Gasteiger partial charge < -0.3 is 26.1 Å². The highest BCUT2D eigenvalue weighted by Gasteiger charge is 2.45. The van der Waals surface area contributed by atoms with Gasteiger partial charge in [-0.25, -0.2) is 15.2 Å². The second-order valence-electron chi connectivity index (χ2n) is 11.7. The molecule has 6 amide bonds. The minimum atomic E-state index is -1.19. The highest BCUT2D eigenvalue weighted by atomic mass is 16.6. The number of hydrazone groups is 1. The third-order valence-corrected chi connectivity index (χ3v) is 7.02. The van der Waals surface area contributed by atoms with Crippen molar-refractivity contribution in [2.45, 2.75) is 76.6 Å². The van der Waals surface area contributed by atoms with Crippen molar-refractivity contribution in [1.82, 2.24) is 31.1 Å². The Balaban J connectivity index is 1.57. The summed E-state index contributed by atoms with van der Waals surface area (Å²) in [4.78, 5) is 92.4. The standard InChI is InChI=1S/C29H36N8O8/c1-29(2,3)45-23(40)14-17(15-31-35-28(30)44)32-25(41)20-9-6-12-36-22(39)11-10-19(27(43)37(20)36)33-26(42)24-18-8-5-4-7-16(18)13-21(38)34-24/h4-5,7-8,13,15,17,19-20H,6,9-12,14H2,1-3H3,(H,32,41)(H,33,42)(H,34,38)(H3,30,35,44)/t17-,19-,20-/m0/s1. The molecule has 3 atom stereocenters. The maximum Gasteiger partial charge on any atom is 0.332 e. The van der Waals surface area contributed by atoms with Crippen LogP contribution in [0.25, 0.3) is 10.8 Å². The Morgan fingerprint density at radius 1 is 1.16 bits per heavy atom. The molecule has 4 rings (SSSR count). The summed E-state index contributed by atoms with van der Waals surface area (Å²) in [6, 6.07) is 3.69. The van der Waals surface area contributed by atoms with Crippen molar-refractivity contribution in [3.63, 3.8) is 0 Å². The van der Waals surface area contributed by atoms with Crippen LogP contribution in [0.2, 0.25) is 0 Å². The van der Waals surface area contributed by atoms with Crippen molar-refractivity contribution in [2.24, 2.45) is 10.8 Å². The molecule has 1 aromatic heterocycles. The molecule has 16 nitrogen and oxygen atoms in total. The number of rotatable bonds is 8. The van der Waals surface area contributed by atoms with Crippen LogP contribution in [-0.4, -0.2) is 87.1 Å². The van der Waals surface area contributed by atoms with Crippen LogP contribution in [0.5, 0.6) is 0 Å². The van der Waals surface area contributed by atoms with E-state index in [1.165, 1.54) is 11.1 Å². The molecule has 16 heteroatoms. The average Bonchev–Trinajstić information content (AvgIpc) is 3.07. The number of hydrogen-bond donors (Lipinski definition) is 5. The summed E-state index contributed by atoms with van der Waals surface area (Å²) in [7, 11) is 0. The fourth-order valence-corrected chi connectivity index (χ4v) is 5.21. The first-order valence-electron chi connectivity index (χ1n) is 14.4. The van der Waals surface area contributed by atoms with Crippen LogP contribution >= 0.6 is 0 Å². The number of hydrazine groups is 1. The SMILES string of the molecule is CC(C)(C)OC(=O)C[C@@H](C=NNC(N)=O)NC(=O)[C@@H]1CCCN2C(=O)CC[C@H](NC(=O)c3[nH]c(=O)cc4ccccc34)C(=O)N12. The molecule has 1 aromatic carbocycles. The van der Waals surface area contributed by atoms with Crippen molar-refractivity contribution in [3.05, 3.63) is 46.4 Å². The van der Waals surface area contributed by atoms with E-state index in [1.807, 2.05) is 5.43 Å². The molecule has 0 spiro atoms. The quantitative estimate of drug-likeness (QED) is 0.153. The number of esters is 1. The second kappa shape index (κ2) is 13.6. The van der Waals surface area contributed by atoms with Gasteiger partial charge in [-0.1, -0.05) is 24.3 Å². The van der Waals surface area contributed by atoms with Crippen molar-refractivity contribution < 1.29 is 33.5 Å². The summed E-state index contributed by atoms with van der Waals surface area (Å²) in [5, 5.41) is 12.2. The first-order valence-corrected chi connectivity index (χ1v) is 14.4. The zero-order valence-corrected chi connectivity index (χ0v) is 25.1. The van der Waals surface area contributed by atoms with Gasteiger partial charge in [-0.3, -0.25) is 33.8 Å². The summed E-state index contributed by atoms with van der Waals surface area (Å²) >= 11 is 0. The number of nitrogens with zero attached hydrogens (tertiary/aromatic N) is 3. The zero-order valence-electron chi connectivity index (χ0n) is 25.1. The predicted octanol–water partition coefficient (Wildman–Crippen LogP) is 0.0256.